The predicted octanol–water partition coefficient (Wildman–Crippen LogP) is 2.09. The molecule has 1 aliphatic heterocycles. The lowest BCUT2D eigenvalue weighted by Crippen LogP contribution is -2.19. The van der Waals surface area contributed by atoms with Gasteiger partial charge in [0.1, 0.15) is 11.9 Å². The number of aromatic nitrogens is 3. The molecule has 0 bridgehead atoms. The van der Waals surface area contributed by atoms with Crippen LogP contribution in [0, 0.1) is 6.92 Å². The van der Waals surface area contributed by atoms with Crippen molar-refractivity contribution in [1.29, 1.82) is 0 Å². The summed E-state index contributed by atoms with van der Waals surface area (Å²) in [5, 5.41) is 0. The molecule has 3 heterocycles. The number of hydrogen-bond donors (Lipinski definition) is 1. The summed E-state index contributed by atoms with van der Waals surface area (Å²) < 4.78 is 11.3. The van der Waals surface area contributed by atoms with Gasteiger partial charge in [0, 0.05) is 5.69 Å². The van der Waals surface area contributed by atoms with Crippen LogP contribution in [0.1, 0.15) is 31.5 Å². The molecule has 90 valence electrons. The maximum atomic E-state index is 5.75. The van der Waals surface area contributed by atoms with Crippen LogP contribution < -0.4 is 0 Å². The fourth-order valence-electron chi connectivity index (χ4n) is 1.98. The molecule has 0 aliphatic carbocycles. The average Bonchev–Trinajstić information content (AvgIpc) is 2.80. The zero-order valence-corrected chi connectivity index (χ0v) is 10.2. The fraction of sp³-hybridized carbons (Fsp3) is 0.500. The lowest BCUT2D eigenvalue weighted by molar-refractivity contribution is -0.139. The van der Waals surface area contributed by atoms with Gasteiger partial charge in [0.15, 0.2) is 11.4 Å². The highest BCUT2D eigenvalue weighted by molar-refractivity contribution is 5.70. The largest absolute Gasteiger partial charge is 0.347 e. The van der Waals surface area contributed by atoms with E-state index in [1.807, 2.05) is 32.9 Å². The first kappa shape index (κ1) is 10.7. The molecule has 2 aromatic heterocycles. The van der Waals surface area contributed by atoms with E-state index in [1.165, 1.54) is 0 Å². The van der Waals surface area contributed by atoms with E-state index in [2.05, 4.69) is 15.0 Å². The molecule has 5 nitrogen and oxygen atoms in total. The Hall–Kier alpha value is -1.46. The Kier molecular flexibility index (Phi) is 2.21. The normalized spacial score (nSPS) is 23.4. The summed E-state index contributed by atoms with van der Waals surface area (Å²) in [5.41, 5.74) is 2.62. The van der Waals surface area contributed by atoms with Crippen molar-refractivity contribution in [3.63, 3.8) is 0 Å². The van der Waals surface area contributed by atoms with Crippen molar-refractivity contribution in [1.82, 2.24) is 15.0 Å². The molecule has 0 saturated carbocycles. The molecule has 2 aromatic rings. The molecule has 0 amide bonds. The van der Waals surface area contributed by atoms with Crippen LogP contribution >= 0.6 is 0 Å². The second-order valence-corrected chi connectivity index (χ2v) is 4.76. The lowest BCUT2D eigenvalue weighted by atomic mass is 10.3. The van der Waals surface area contributed by atoms with E-state index in [9.17, 15) is 0 Å². The van der Waals surface area contributed by atoms with Crippen LogP contribution in [-0.4, -0.2) is 27.3 Å². The Labute approximate surface area is 99.2 Å². The maximum Gasteiger partial charge on any atom is 0.178 e. The third-order valence-corrected chi connectivity index (χ3v) is 2.82. The first-order valence-electron chi connectivity index (χ1n) is 5.68. The molecule has 3 rings (SSSR count). The van der Waals surface area contributed by atoms with Crippen LogP contribution in [-0.2, 0) is 9.47 Å². The van der Waals surface area contributed by atoms with Crippen LogP contribution in [0.25, 0.3) is 11.2 Å². The molecule has 1 aliphatic rings. The van der Waals surface area contributed by atoms with Crippen molar-refractivity contribution in [2.45, 2.75) is 32.7 Å². The van der Waals surface area contributed by atoms with Crippen molar-refractivity contribution in [3.8, 4) is 0 Å². The zero-order valence-electron chi connectivity index (χ0n) is 10.2. The van der Waals surface area contributed by atoms with Crippen LogP contribution in [0.4, 0.5) is 0 Å². The standard InChI is InChI=1S/C12H15N3O2/c1-7-4-5-8-10(13-7)15-11(14-8)9-6-16-12(2,3)17-9/h4-5,9H,6H2,1-3H3,(H,13,14,15). The number of aromatic amines is 1. The highest BCUT2D eigenvalue weighted by Gasteiger charge is 2.35. The van der Waals surface area contributed by atoms with Gasteiger partial charge in [-0.2, -0.15) is 0 Å². The van der Waals surface area contributed by atoms with E-state index in [-0.39, 0.29) is 6.10 Å². The smallest absolute Gasteiger partial charge is 0.178 e. The number of nitrogens with one attached hydrogen (secondary N) is 1. The van der Waals surface area contributed by atoms with Crippen LogP contribution in [0.2, 0.25) is 0 Å². The summed E-state index contributed by atoms with van der Waals surface area (Å²) in [6, 6.07) is 3.94. The Bertz CT molecular complexity index is 562. The Morgan fingerprint density at radius 3 is 2.88 bits per heavy atom. The summed E-state index contributed by atoms with van der Waals surface area (Å²) >= 11 is 0. The number of fused-ring (bicyclic) bond motifs is 1. The van der Waals surface area contributed by atoms with Crippen LogP contribution in [0.5, 0.6) is 0 Å². The molecule has 0 aromatic carbocycles. The number of hydrogen-bond acceptors (Lipinski definition) is 4. The third kappa shape index (κ3) is 1.92. The van der Waals surface area contributed by atoms with E-state index in [4.69, 9.17) is 9.47 Å². The number of pyridine rings is 1. The number of ether oxygens (including phenoxy) is 2. The maximum absolute atomic E-state index is 5.75. The van der Waals surface area contributed by atoms with Gasteiger partial charge >= 0.3 is 0 Å². The molecule has 17 heavy (non-hydrogen) atoms. The average molecular weight is 233 g/mol. The fourth-order valence-corrected chi connectivity index (χ4v) is 1.98. The van der Waals surface area contributed by atoms with E-state index < -0.39 is 5.79 Å². The SMILES string of the molecule is Cc1ccc2[nH]c(C3COC(C)(C)O3)nc2n1. The summed E-state index contributed by atoms with van der Waals surface area (Å²) in [5.74, 6) is 0.246. The topological polar surface area (TPSA) is 60.0 Å². The quantitative estimate of drug-likeness (QED) is 0.819. The summed E-state index contributed by atoms with van der Waals surface area (Å²) in [6.07, 6.45) is -0.139. The number of aryl methyl sites for hydroxylation is 1. The molecule has 5 heteroatoms. The Morgan fingerprint density at radius 1 is 1.35 bits per heavy atom. The molecular formula is C12H15N3O2. The van der Waals surface area contributed by atoms with E-state index in [0.717, 1.165) is 22.7 Å². The first-order valence-corrected chi connectivity index (χ1v) is 5.68. The molecule has 1 atom stereocenters. The third-order valence-electron chi connectivity index (χ3n) is 2.82. The van der Waals surface area contributed by atoms with Gasteiger partial charge in [-0.25, -0.2) is 9.97 Å². The first-order chi connectivity index (χ1) is 8.03. The summed E-state index contributed by atoms with van der Waals surface area (Å²) in [4.78, 5) is 12.0. The molecule has 0 spiro atoms. The number of nitrogens with zero attached hydrogens (tertiary/aromatic N) is 2. The molecule has 1 N–H and O–H groups in total. The van der Waals surface area contributed by atoms with Gasteiger partial charge < -0.3 is 14.5 Å². The van der Waals surface area contributed by atoms with Gasteiger partial charge in [0.05, 0.1) is 12.1 Å². The van der Waals surface area contributed by atoms with Crippen molar-refractivity contribution in [2.24, 2.45) is 0 Å². The zero-order chi connectivity index (χ0) is 12.0. The second kappa shape index (κ2) is 3.51. The Morgan fingerprint density at radius 2 is 2.18 bits per heavy atom. The van der Waals surface area contributed by atoms with Crippen molar-refractivity contribution in [3.05, 3.63) is 23.7 Å². The molecule has 1 fully saturated rings. The summed E-state index contributed by atoms with van der Waals surface area (Å²) in [6.45, 7) is 6.27. The van der Waals surface area contributed by atoms with Gasteiger partial charge in [0.2, 0.25) is 0 Å². The minimum Gasteiger partial charge on any atom is -0.347 e. The van der Waals surface area contributed by atoms with Gasteiger partial charge in [-0.1, -0.05) is 0 Å². The molecule has 1 unspecified atom stereocenters. The second-order valence-electron chi connectivity index (χ2n) is 4.76. The van der Waals surface area contributed by atoms with Gasteiger partial charge in [0.25, 0.3) is 0 Å². The highest BCUT2D eigenvalue weighted by atomic mass is 16.7. The van der Waals surface area contributed by atoms with Crippen molar-refractivity contribution in [2.75, 3.05) is 6.61 Å². The Balaban J connectivity index is 1.96. The highest BCUT2D eigenvalue weighted by Crippen LogP contribution is 2.31. The van der Waals surface area contributed by atoms with Crippen LogP contribution in [0.15, 0.2) is 12.1 Å². The molecule has 1 saturated heterocycles. The number of H-pyrrole nitrogens is 1. The van der Waals surface area contributed by atoms with Crippen LogP contribution in [0.3, 0.4) is 0 Å². The minimum atomic E-state index is -0.535. The molecular weight excluding hydrogens is 218 g/mol. The minimum absolute atomic E-state index is 0.139. The number of imidazole rings is 1. The van der Waals surface area contributed by atoms with Crippen molar-refractivity contribution >= 4 is 11.2 Å². The van der Waals surface area contributed by atoms with Gasteiger partial charge in [-0.05, 0) is 32.9 Å². The molecule has 0 radical (unpaired) electrons. The van der Waals surface area contributed by atoms with Gasteiger partial charge in [-0.3, -0.25) is 0 Å². The predicted molar refractivity (Wildman–Crippen MR) is 62.5 cm³/mol. The van der Waals surface area contributed by atoms with Crippen molar-refractivity contribution < 1.29 is 9.47 Å². The van der Waals surface area contributed by atoms with E-state index >= 15 is 0 Å². The van der Waals surface area contributed by atoms with E-state index in [1.54, 1.807) is 0 Å². The monoisotopic (exact) mass is 233 g/mol. The lowest BCUT2D eigenvalue weighted by Gasteiger charge is -2.15. The van der Waals surface area contributed by atoms with Gasteiger partial charge in [-0.15, -0.1) is 0 Å². The van der Waals surface area contributed by atoms with E-state index in [0.29, 0.717) is 6.61 Å². The number of rotatable bonds is 1. The summed E-state index contributed by atoms with van der Waals surface area (Å²) in [7, 11) is 0.